The van der Waals surface area contributed by atoms with Crippen LogP contribution in [0.25, 0.3) is 10.9 Å². The summed E-state index contributed by atoms with van der Waals surface area (Å²) >= 11 is 12.1. The Balaban J connectivity index is 1.55. The number of hydrogen-bond donors (Lipinski definition) is 3. The Morgan fingerprint density at radius 3 is 2.42 bits per heavy atom. The number of fused-ring (bicyclic) bond motifs is 1. The highest BCUT2D eigenvalue weighted by Gasteiger charge is 2.12. The Labute approximate surface area is 201 Å². The summed E-state index contributed by atoms with van der Waals surface area (Å²) in [4.78, 5) is 29.4. The zero-order valence-corrected chi connectivity index (χ0v) is 19.6. The van der Waals surface area contributed by atoms with Crippen LogP contribution in [0.2, 0.25) is 10.0 Å². The molecule has 2 aromatic carbocycles. The molecule has 4 aromatic rings. The van der Waals surface area contributed by atoms with Crippen molar-refractivity contribution in [2.75, 3.05) is 11.9 Å². The fourth-order valence-electron chi connectivity index (χ4n) is 3.42. The van der Waals surface area contributed by atoms with Gasteiger partial charge < -0.3 is 4.98 Å². The molecule has 2 aromatic heterocycles. The molecule has 0 radical (unpaired) electrons. The topological polar surface area (TPSA) is 95.1 Å². The van der Waals surface area contributed by atoms with Crippen LogP contribution in [0.15, 0.2) is 59.7 Å². The predicted molar refractivity (Wildman–Crippen MR) is 133 cm³/mol. The summed E-state index contributed by atoms with van der Waals surface area (Å²) in [5, 5.41) is 8.14. The number of halogens is 2. The van der Waals surface area contributed by atoms with Crippen LogP contribution in [-0.4, -0.2) is 33.4 Å². The van der Waals surface area contributed by atoms with E-state index in [4.69, 9.17) is 23.2 Å². The molecule has 0 aliphatic heterocycles. The predicted octanol–water partition coefficient (Wildman–Crippen LogP) is 5.32. The van der Waals surface area contributed by atoms with Crippen molar-refractivity contribution >= 4 is 51.9 Å². The first-order chi connectivity index (χ1) is 15.9. The molecular formula is C24H22Cl2N6O. The number of aryl methyl sites for hydroxylation is 2. The second kappa shape index (κ2) is 10.0. The minimum Gasteiger partial charge on any atom is -0.361 e. The van der Waals surface area contributed by atoms with Gasteiger partial charge in [0.25, 0.3) is 5.91 Å². The molecule has 4 rings (SSSR count). The van der Waals surface area contributed by atoms with Crippen molar-refractivity contribution in [3.8, 4) is 0 Å². The lowest BCUT2D eigenvalue weighted by atomic mass is 10.1. The van der Waals surface area contributed by atoms with Crippen LogP contribution < -0.4 is 10.6 Å². The molecule has 0 atom stereocenters. The molecule has 0 bridgehead atoms. The average Bonchev–Trinajstić information content (AvgIpc) is 3.15. The van der Waals surface area contributed by atoms with Crippen molar-refractivity contribution in [3.63, 3.8) is 0 Å². The van der Waals surface area contributed by atoms with Crippen molar-refractivity contribution in [1.82, 2.24) is 20.3 Å². The zero-order chi connectivity index (χ0) is 23.4. The summed E-state index contributed by atoms with van der Waals surface area (Å²) in [7, 11) is 0. The summed E-state index contributed by atoms with van der Waals surface area (Å²) < 4.78 is 0. The highest BCUT2D eigenvalue weighted by Crippen LogP contribution is 2.22. The van der Waals surface area contributed by atoms with Gasteiger partial charge in [-0.1, -0.05) is 23.2 Å². The molecule has 0 aliphatic carbocycles. The van der Waals surface area contributed by atoms with Crippen LogP contribution in [0, 0.1) is 13.8 Å². The van der Waals surface area contributed by atoms with Gasteiger partial charge in [-0.25, -0.2) is 9.97 Å². The highest BCUT2D eigenvalue weighted by atomic mass is 35.5. The van der Waals surface area contributed by atoms with Gasteiger partial charge in [-0.05, 0) is 74.4 Å². The van der Waals surface area contributed by atoms with Gasteiger partial charge in [0.2, 0.25) is 11.9 Å². The number of amides is 1. The normalized spacial score (nSPS) is 11.6. The molecule has 1 amide bonds. The number of carbonyl (C=O) groups excluding carboxylic acids is 1. The minimum absolute atomic E-state index is 0.262. The number of rotatable bonds is 5. The first-order valence-corrected chi connectivity index (χ1v) is 11.1. The van der Waals surface area contributed by atoms with E-state index in [1.807, 2.05) is 44.3 Å². The van der Waals surface area contributed by atoms with Crippen LogP contribution in [0.1, 0.15) is 27.3 Å². The third-order valence-electron chi connectivity index (χ3n) is 4.93. The van der Waals surface area contributed by atoms with Gasteiger partial charge in [0, 0.05) is 50.6 Å². The maximum atomic E-state index is 12.8. The molecule has 2 heterocycles. The summed E-state index contributed by atoms with van der Waals surface area (Å²) in [5.41, 5.74) is 4.17. The zero-order valence-electron chi connectivity index (χ0n) is 18.1. The monoisotopic (exact) mass is 480 g/mol. The number of carbonyl (C=O) groups is 1. The standard InChI is InChI=1S/C24H22Cl2N6O/c1-14-11-15(2)30-24(29-14)32-23(31-22(33)16-3-5-18(25)6-4-16)27-10-9-17-13-28-21-8-7-19(26)12-20(17)21/h3-8,11-13,28H,9-10H2,1-2H3,(H2,27,29,30,31,32,33). The number of nitrogens with zero attached hydrogens (tertiary/aromatic N) is 3. The van der Waals surface area contributed by atoms with Crippen molar-refractivity contribution < 1.29 is 4.79 Å². The van der Waals surface area contributed by atoms with E-state index in [9.17, 15) is 4.79 Å². The van der Waals surface area contributed by atoms with E-state index < -0.39 is 0 Å². The number of aromatic amines is 1. The van der Waals surface area contributed by atoms with Crippen molar-refractivity contribution in [2.24, 2.45) is 4.99 Å². The molecule has 9 heteroatoms. The molecule has 0 unspecified atom stereocenters. The molecular weight excluding hydrogens is 459 g/mol. The summed E-state index contributed by atoms with van der Waals surface area (Å²) in [5.74, 6) is 0.306. The number of H-pyrrole nitrogens is 1. The SMILES string of the molecule is Cc1cc(C)nc(NC(=NCCc2c[nH]c3ccc(Cl)cc23)NC(=O)c2ccc(Cl)cc2)n1. The molecule has 0 saturated heterocycles. The van der Waals surface area contributed by atoms with Crippen LogP contribution in [0.5, 0.6) is 0 Å². The Kier molecular flexibility index (Phi) is 6.91. The van der Waals surface area contributed by atoms with E-state index in [1.54, 1.807) is 24.3 Å². The van der Waals surface area contributed by atoms with E-state index in [-0.39, 0.29) is 11.9 Å². The average molecular weight is 481 g/mol. The lowest BCUT2D eigenvalue weighted by molar-refractivity contribution is 0.0977. The molecule has 0 aliphatic rings. The Morgan fingerprint density at radius 1 is 1.00 bits per heavy atom. The highest BCUT2D eigenvalue weighted by molar-refractivity contribution is 6.31. The van der Waals surface area contributed by atoms with E-state index >= 15 is 0 Å². The van der Waals surface area contributed by atoms with Crippen molar-refractivity contribution in [1.29, 1.82) is 0 Å². The fraction of sp³-hybridized carbons (Fsp3) is 0.167. The number of guanidine groups is 1. The van der Waals surface area contributed by atoms with Gasteiger partial charge >= 0.3 is 0 Å². The summed E-state index contributed by atoms with van der Waals surface area (Å²) in [6, 6.07) is 14.2. The smallest absolute Gasteiger partial charge is 0.257 e. The van der Waals surface area contributed by atoms with Crippen LogP contribution >= 0.6 is 23.2 Å². The number of benzene rings is 2. The second-order valence-corrected chi connectivity index (χ2v) is 8.42. The van der Waals surface area contributed by atoms with E-state index in [0.29, 0.717) is 34.5 Å². The number of aliphatic imine (C=N–C) groups is 1. The quantitative estimate of drug-likeness (QED) is 0.266. The Bertz CT molecular complexity index is 1310. The summed E-state index contributed by atoms with van der Waals surface area (Å²) in [6.45, 7) is 4.18. The summed E-state index contributed by atoms with van der Waals surface area (Å²) in [6.07, 6.45) is 2.60. The molecule has 0 saturated carbocycles. The van der Waals surface area contributed by atoms with Crippen molar-refractivity contribution in [2.45, 2.75) is 20.3 Å². The molecule has 7 nitrogen and oxygen atoms in total. The van der Waals surface area contributed by atoms with Gasteiger partial charge in [-0.2, -0.15) is 0 Å². The lowest BCUT2D eigenvalue weighted by Gasteiger charge is -2.12. The molecule has 168 valence electrons. The van der Waals surface area contributed by atoms with Crippen molar-refractivity contribution in [3.05, 3.63) is 87.3 Å². The van der Waals surface area contributed by atoms with Gasteiger partial charge in [0.15, 0.2) is 0 Å². The Hall–Kier alpha value is -3.42. The third kappa shape index (κ3) is 5.88. The maximum absolute atomic E-state index is 12.8. The third-order valence-corrected chi connectivity index (χ3v) is 5.42. The first kappa shape index (κ1) is 22.8. The number of aromatic nitrogens is 3. The fourth-order valence-corrected chi connectivity index (χ4v) is 3.72. The molecule has 0 spiro atoms. The molecule has 33 heavy (non-hydrogen) atoms. The number of hydrogen-bond acceptors (Lipinski definition) is 4. The lowest BCUT2D eigenvalue weighted by Crippen LogP contribution is -2.37. The van der Waals surface area contributed by atoms with E-state index in [0.717, 1.165) is 27.9 Å². The number of nitrogens with one attached hydrogen (secondary N) is 3. The van der Waals surface area contributed by atoms with Gasteiger partial charge in [0.1, 0.15) is 0 Å². The van der Waals surface area contributed by atoms with Crippen LogP contribution in [0.4, 0.5) is 5.95 Å². The van der Waals surface area contributed by atoms with E-state index in [1.165, 1.54) is 0 Å². The van der Waals surface area contributed by atoms with Crippen LogP contribution in [-0.2, 0) is 6.42 Å². The maximum Gasteiger partial charge on any atom is 0.257 e. The number of anilines is 1. The second-order valence-electron chi connectivity index (χ2n) is 7.54. The van der Waals surface area contributed by atoms with Gasteiger partial charge in [0.05, 0.1) is 0 Å². The van der Waals surface area contributed by atoms with Gasteiger partial charge in [-0.3, -0.25) is 20.4 Å². The molecule has 0 fully saturated rings. The van der Waals surface area contributed by atoms with Gasteiger partial charge in [-0.15, -0.1) is 0 Å². The minimum atomic E-state index is -0.318. The Morgan fingerprint density at radius 2 is 1.70 bits per heavy atom. The van der Waals surface area contributed by atoms with Crippen LogP contribution in [0.3, 0.4) is 0 Å². The largest absolute Gasteiger partial charge is 0.361 e. The molecule has 3 N–H and O–H groups in total. The van der Waals surface area contributed by atoms with E-state index in [2.05, 4.69) is 30.6 Å². The first-order valence-electron chi connectivity index (χ1n) is 10.3.